The van der Waals surface area contributed by atoms with Crippen molar-refractivity contribution in [3.8, 4) is 5.69 Å². The average Bonchev–Trinajstić information content (AvgIpc) is 2.94. The molecular formula is C17H17N5O. The third-order valence-corrected chi connectivity index (χ3v) is 3.87. The second-order valence-electron chi connectivity index (χ2n) is 5.72. The van der Waals surface area contributed by atoms with Gasteiger partial charge in [0, 0.05) is 17.8 Å². The first-order valence-electron chi connectivity index (χ1n) is 7.56. The maximum absolute atomic E-state index is 5.29. The molecule has 0 unspecified atom stereocenters. The molecule has 1 N–H and O–H groups in total. The molecule has 0 radical (unpaired) electrons. The predicted molar refractivity (Wildman–Crippen MR) is 87.2 cm³/mol. The minimum atomic E-state index is 0.497. The molecule has 6 heteroatoms. The quantitative estimate of drug-likeness (QED) is 0.803. The number of ether oxygens (including phenoxy) is 1. The molecule has 3 heterocycles. The lowest BCUT2D eigenvalue weighted by molar-refractivity contribution is 0.00843. The molecule has 23 heavy (non-hydrogen) atoms. The van der Waals surface area contributed by atoms with Crippen molar-refractivity contribution in [2.45, 2.75) is 12.8 Å². The van der Waals surface area contributed by atoms with Gasteiger partial charge in [0.05, 0.1) is 25.1 Å². The molecular weight excluding hydrogens is 290 g/mol. The first kappa shape index (κ1) is 13.9. The van der Waals surface area contributed by atoms with E-state index in [0.717, 1.165) is 24.6 Å². The summed E-state index contributed by atoms with van der Waals surface area (Å²) in [7, 11) is 0. The fourth-order valence-corrected chi connectivity index (χ4v) is 2.61. The molecule has 1 aliphatic heterocycles. The van der Waals surface area contributed by atoms with Gasteiger partial charge in [-0.05, 0) is 42.3 Å². The molecule has 1 aromatic carbocycles. The standard InChI is InChI=1S/C17H17N5O/c1-12-5-13(14-9-23-10-14)7-15(6-12)20-17-19-11-22(21-17)16-3-2-4-18-8-16/h2-8,11,14H,9-10H2,1H3,(H,20,21). The Morgan fingerprint density at radius 1 is 1.26 bits per heavy atom. The lowest BCUT2D eigenvalue weighted by Gasteiger charge is -2.27. The van der Waals surface area contributed by atoms with Crippen molar-refractivity contribution in [1.29, 1.82) is 0 Å². The number of hydrogen-bond acceptors (Lipinski definition) is 5. The molecule has 0 saturated carbocycles. The smallest absolute Gasteiger partial charge is 0.246 e. The van der Waals surface area contributed by atoms with Crippen LogP contribution in [0.25, 0.3) is 5.69 Å². The molecule has 0 bridgehead atoms. The van der Waals surface area contributed by atoms with Crippen LogP contribution in [0.3, 0.4) is 0 Å². The fraction of sp³-hybridized carbons (Fsp3) is 0.235. The van der Waals surface area contributed by atoms with Crippen LogP contribution in [0, 0.1) is 6.92 Å². The molecule has 116 valence electrons. The van der Waals surface area contributed by atoms with E-state index in [9.17, 15) is 0 Å². The summed E-state index contributed by atoms with van der Waals surface area (Å²) in [5.74, 6) is 1.06. The molecule has 0 amide bonds. The van der Waals surface area contributed by atoms with Gasteiger partial charge in [-0.25, -0.2) is 4.68 Å². The molecule has 2 aromatic heterocycles. The van der Waals surface area contributed by atoms with Crippen LogP contribution in [0.1, 0.15) is 17.0 Å². The number of pyridine rings is 1. The summed E-state index contributed by atoms with van der Waals surface area (Å²) in [6, 6.07) is 10.3. The molecule has 0 aliphatic carbocycles. The Kier molecular flexibility index (Phi) is 3.51. The highest BCUT2D eigenvalue weighted by Gasteiger charge is 2.21. The van der Waals surface area contributed by atoms with Gasteiger partial charge in [0.25, 0.3) is 0 Å². The number of nitrogens with zero attached hydrogens (tertiary/aromatic N) is 4. The highest BCUT2D eigenvalue weighted by Crippen LogP contribution is 2.28. The Morgan fingerprint density at radius 3 is 2.91 bits per heavy atom. The van der Waals surface area contributed by atoms with Crippen LogP contribution < -0.4 is 5.32 Å². The van der Waals surface area contributed by atoms with Gasteiger partial charge in [0.1, 0.15) is 6.33 Å². The lowest BCUT2D eigenvalue weighted by atomic mass is 9.95. The lowest BCUT2D eigenvalue weighted by Crippen LogP contribution is -2.25. The van der Waals surface area contributed by atoms with Crippen molar-refractivity contribution in [1.82, 2.24) is 19.7 Å². The minimum Gasteiger partial charge on any atom is -0.380 e. The summed E-state index contributed by atoms with van der Waals surface area (Å²) in [4.78, 5) is 8.41. The molecule has 4 rings (SSSR count). The average molecular weight is 307 g/mol. The van der Waals surface area contributed by atoms with Crippen LogP contribution in [0.15, 0.2) is 49.1 Å². The molecule has 1 aliphatic rings. The van der Waals surface area contributed by atoms with Crippen molar-refractivity contribution in [2.75, 3.05) is 18.5 Å². The van der Waals surface area contributed by atoms with E-state index in [1.54, 1.807) is 23.4 Å². The van der Waals surface area contributed by atoms with E-state index in [4.69, 9.17) is 4.74 Å². The fourth-order valence-electron chi connectivity index (χ4n) is 2.61. The van der Waals surface area contributed by atoms with Gasteiger partial charge in [-0.2, -0.15) is 4.98 Å². The number of hydrogen-bond donors (Lipinski definition) is 1. The van der Waals surface area contributed by atoms with E-state index < -0.39 is 0 Å². The van der Waals surface area contributed by atoms with E-state index >= 15 is 0 Å². The number of anilines is 2. The number of aryl methyl sites for hydroxylation is 1. The minimum absolute atomic E-state index is 0.497. The SMILES string of the molecule is Cc1cc(Nc2ncn(-c3cccnc3)n2)cc(C2COC2)c1. The van der Waals surface area contributed by atoms with Crippen molar-refractivity contribution >= 4 is 11.6 Å². The van der Waals surface area contributed by atoms with Crippen molar-refractivity contribution in [3.63, 3.8) is 0 Å². The summed E-state index contributed by atoms with van der Waals surface area (Å²) < 4.78 is 6.99. The highest BCUT2D eigenvalue weighted by atomic mass is 16.5. The van der Waals surface area contributed by atoms with Gasteiger partial charge < -0.3 is 10.1 Å². The normalized spacial score (nSPS) is 14.5. The Bertz CT molecular complexity index is 811. The van der Waals surface area contributed by atoms with Crippen LogP contribution in [-0.4, -0.2) is 33.0 Å². The first-order valence-corrected chi connectivity index (χ1v) is 7.56. The van der Waals surface area contributed by atoms with Gasteiger partial charge >= 0.3 is 0 Å². The second kappa shape index (κ2) is 5.81. The number of nitrogens with one attached hydrogen (secondary N) is 1. The summed E-state index contributed by atoms with van der Waals surface area (Å²) in [6.45, 7) is 3.70. The summed E-state index contributed by atoms with van der Waals surface area (Å²) in [5.41, 5.74) is 4.38. The van der Waals surface area contributed by atoms with Crippen LogP contribution in [0.2, 0.25) is 0 Å². The second-order valence-corrected chi connectivity index (χ2v) is 5.72. The Labute approximate surface area is 134 Å². The van der Waals surface area contributed by atoms with Gasteiger partial charge in [-0.3, -0.25) is 4.98 Å². The molecule has 0 atom stereocenters. The molecule has 0 spiro atoms. The van der Waals surface area contributed by atoms with Gasteiger partial charge in [0.2, 0.25) is 5.95 Å². The van der Waals surface area contributed by atoms with E-state index in [-0.39, 0.29) is 0 Å². The van der Waals surface area contributed by atoms with Crippen molar-refractivity contribution in [3.05, 3.63) is 60.2 Å². The van der Waals surface area contributed by atoms with Crippen molar-refractivity contribution in [2.24, 2.45) is 0 Å². The maximum atomic E-state index is 5.29. The third kappa shape index (κ3) is 2.93. The van der Waals surface area contributed by atoms with Gasteiger partial charge in [0.15, 0.2) is 0 Å². The Balaban J connectivity index is 1.56. The number of rotatable bonds is 4. The van der Waals surface area contributed by atoms with Crippen LogP contribution in [0.4, 0.5) is 11.6 Å². The summed E-state index contributed by atoms with van der Waals surface area (Å²) in [5, 5.41) is 7.72. The van der Waals surface area contributed by atoms with E-state index in [1.165, 1.54) is 11.1 Å². The van der Waals surface area contributed by atoms with E-state index in [2.05, 4.69) is 45.5 Å². The van der Waals surface area contributed by atoms with Gasteiger partial charge in [-0.1, -0.05) is 6.07 Å². The Hall–Kier alpha value is -2.73. The Morgan fingerprint density at radius 2 is 2.17 bits per heavy atom. The molecule has 1 saturated heterocycles. The molecule has 1 fully saturated rings. The molecule has 3 aromatic rings. The third-order valence-electron chi connectivity index (χ3n) is 3.87. The zero-order valence-corrected chi connectivity index (χ0v) is 12.8. The van der Waals surface area contributed by atoms with Crippen LogP contribution in [-0.2, 0) is 4.74 Å². The highest BCUT2D eigenvalue weighted by molar-refractivity contribution is 5.56. The number of benzene rings is 1. The van der Waals surface area contributed by atoms with Crippen LogP contribution >= 0.6 is 0 Å². The molecule has 6 nitrogen and oxygen atoms in total. The zero-order valence-electron chi connectivity index (χ0n) is 12.8. The van der Waals surface area contributed by atoms with E-state index in [1.807, 2.05) is 12.1 Å². The van der Waals surface area contributed by atoms with Crippen LogP contribution in [0.5, 0.6) is 0 Å². The maximum Gasteiger partial charge on any atom is 0.246 e. The van der Waals surface area contributed by atoms with Gasteiger partial charge in [-0.15, -0.1) is 5.10 Å². The summed E-state index contributed by atoms with van der Waals surface area (Å²) in [6.07, 6.45) is 5.16. The largest absolute Gasteiger partial charge is 0.380 e. The predicted octanol–water partition coefficient (Wildman–Crippen LogP) is 2.83. The topological polar surface area (TPSA) is 64.9 Å². The monoisotopic (exact) mass is 307 g/mol. The zero-order chi connectivity index (χ0) is 15.6. The number of aromatic nitrogens is 4. The van der Waals surface area contributed by atoms with Crippen molar-refractivity contribution < 1.29 is 4.74 Å². The summed E-state index contributed by atoms with van der Waals surface area (Å²) >= 11 is 0. The van der Waals surface area contributed by atoms with E-state index in [0.29, 0.717) is 11.9 Å². The first-order chi connectivity index (χ1) is 11.3.